The van der Waals surface area contributed by atoms with Crippen LogP contribution in [0.15, 0.2) is 17.0 Å². The van der Waals surface area contributed by atoms with Gasteiger partial charge in [0, 0.05) is 12.1 Å². The summed E-state index contributed by atoms with van der Waals surface area (Å²) in [5.74, 6) is -1.50. The molecule has 0 radical (unpaired) electrons. The molecule has 1 aromatic carbocycles. The van der Waals surface area contributed by atoms with Gasteiger partial charge in [0.05, 0.1) is 10.3 Å². The Labute approximate surface area is 142 Å². The second-order valence-corrected chi connectivity index (χ2v) is 7.54. The van der Waals surface area contributed by atoms with E-state index in [0.717, 1.165) is 0 Å². The first kappa shape index (κ1) is 20.1. The van der Waals surface area contributed by atoms with Gasteiger partial charge in [-0.1, -0.05) is 13.8 Å². The summed E-state index contributed by atoms with van der Waals surface area (Å²) in [4.78, 5) is 23.7. The third-order valence-corrected chi connectivity index (χ3v) is 5.44. The van der Waals surface area contributed by atoms with Crippen LogP contribution in [0.4, 0.5) is 5.69 Å². The summed E-state index contributed by atoms with van der Waals surface area (Å²) in [5, 5.41) is 17.2. The predicted octanol–water partition coefficient (Wildman–Crippen LogP) is 2.17. The number of nitrogens with one attached hydrogen (secondary N) is 1. The number of benzene rings is 1. The molecule has 4 N–H and O–H groups in total. The van der Waals surface area contributed by atoms with Crippen LogP contribution in [0.25, 0.3) is 0 Å². The van der Waals surface area contributed by atoms with E-state index in [0.29, 0.717) is 29.7 Å². The van der Waals surface area contributed by atoms with Crippen molar-refractivity contribution in [3.63, 3.8) is 0 Å². The molecule has 134 valence electrons. The molecule has 0 atom stereocenters. The lowest BCUT2D eigenvalue weighted by Crippen LogP contribution is -2.34. The van der Waals surface area contributed by atoms with Gasteiger partial charge in [-0.2, -0.15) is 0 Å². The van der Waals surface area contributed by atoms with Crippen molar-refractivity contribution in [3.8, 4) is 0 Å². The summed E-state index contributed by atoms with van der Waals surface area (Å²) < 4.78 is 23.1. The van der Waals surface area contributed by atoms with Crippen molar-refractivity contribution < 1.29 is 23.1 Å². The summed E-state index contributed by atoms with van der Waals surface area (Å²) in [7, 11) is -3.90. The predicted molar refractivity (Wildman–Crippen MR) is 91.2 cm³/mol. The van der Waals surface area contributed by atoms with E-state index >= 15 is 0 Å². The van der Waals surface area contributed by atoms with Gasteiger partial charge in [-0.25, -0.2) is 13.6 Å². The van der Waals surface area contributed by atoms with Crippen LogP contribution in [0.5, 0.6) is 0 Å². The summed E-state index contributed by atoms with van der Waals surface area (Å²) in [6.45, 7) is 6.89. The van der Waals surface area contributed by atoms with Crippen LogP contribution in [-0.4, -0.2) is 25.4 Å². The first-order valence-electron chi connectivity index (χ1n) is 7.64. The molecular formula is C16H24N2O5S. The zero-order chi connectivity index (χ0) is 18.7. The Kier molecular flexibility index (Phi) is 6.13. The molecule has 1 aromatic rings. The quantitative estimate of drug-likeness (QED) is 0.690. The Morgan fingerprint density at radius 3 is 2.17 bits per heavy atom. The summed E-state index contributed by atoms with van der Waals surface area (Å²) >= 11 is 0. The molecule has 0 heterocycles. The lowest BCUT2D eigenvalue weighted by atomic mass is 9.79. The van der Waals surface area contributed by atoms with Gasteiger partial charge >= 0.3 is 5.97 Å². The van der Waals surface area contributed by atoms with E-state index in [2.05, 4.69) is 5.32 Å². The van der Waals surface area contributed by atoms with Crippen LogP contribution in [0.2, 0.25) is 0 Å². The fourth-order valence-electron chi connectivity index (χ4n) is 2.50. The Morgan fingerprint density at radius 1 is 1.21 bits per heavy atom. The molecule has 0 bridgehead atoms. The number of amides is 1. The van der Waals surface area contributed by atoms with Crippen LogP contribution in [0.1, 0.15) is 44.2 Å². The van der Waals surface area contributed by atoms with Crippen molar-refractivity contribution in [3.05, 3.63) is 23.3 Å². The zero-order valence-corrected chi connectivity index (χ0v) is 15.2. The highest BCUT2D eigenvalue weighted by atomic mass is 32.2. The van der Waals surface area contributed by atoms with Crippen LogP contribution in [0.3, 0.4) is 0 Å². The maximum absolute atomic E-state index is 12.3. The number of hydrogen-bond acceptors (Lipinski definition) is 4. The van der Waals surface area contributed by atoms with E-state index in [4.69, 9.17) is 5.14 Å². The number of rotatable bonds is 7. The van der Waals surface area contributed by atoms with E-state index in [1.54, 1.807) is 27.7 Å². The molecule has 0 aliphatic heterocycles. The van der Waals surface area contributed by atoms with Crippen molar-refractivity contribution in [2.75, 3.05) is 5.32 Å². The van der Waals surface area contributed by atoms with Gasteiger partial charge < -0.3 is 10.4 Å². The van der Waals surface area contributed by atoms with E-state index in [9.17, 15) is 23.1 Å². The van der Waals surface area contributed by atoms with Gasteiger partial charge in [0.25, 0.3) is 0 Å². The molecule has 0 spiro atoms. The lowest BCUT2D eigenvalue weighted by Gasteiger charge is -2.26. The minimum Gasteiger partial charge on any atom is -0.481 e. The van der Waals surface area contributed by atoms with Crippen molar-refractivity contribution in [2.24, 2.45) is 10.6 Å². The van der Waals surface area contributed by atoms with Crippen molar-refractivity contribution >= 4 is 27.6 Å². The number of carboxylic acids is 1. The second kappa shape index (κ2) is 7.31. The van der Waals surface area contributed by atoms with Crippen LogP contribution in [-0.2, 0) is 19.6 Å². The molecule has 8 heteroatoms. The fourth-order valence-corrected chi connectivity index (χ4v) is 3.12. The normalized spacial score (nSPS) is 12.0. The number of aryl methyl sites for hydroxylation is 1. The lowest BCUT2D eigenvalue weighted by molar-refractivity contribution is -0.151. The number of anilines is 1. The molecule has 0 aromatic heterocycles. The maximum atomic E-state index is 12.3. The number of primary sulfonamides is 1. The van der Waals surface area contributed by atoms with Crippen molar-refractivity contribution in [1.29, 1.82) is 0 Å². The molecule has 7 nitrogen and oxygen atoms in total. The first-order chi connectivity index (χ1) is 11.0. The monoisotopic (exact) mass is 356 g/mol. The minimum atomic E-state index is -3.90. The molecule has 0 fully saturated rings. The number of sulfonamides is 1. The standard InChI is InChI=1S/C16H24N2O5S/c1-5-16(6-2,15(20)21)9-14(19)18-13-8-12(24(17,22)23)7-10(3)11(13)4/h7-8H,5-6,9H2,1-4H3,(H,18,19)(H,20,21)(H2,17,22,23). The first-order valence-corrected chi connectivity index (χ1v) is 9.18. The summed E-state index contributed by atoms with van der Waals surface area (Å²) in [6, 6.07) is 2.72. The molecule has 0 unspecified atom stereocenters. The van der Waals surface area contributed by atoms with E-state index < -0.39 is 27.3 Å². The number of carbonyl (C=O) groups is 2. The highest BCUT2D eigenvalue weighted by Gasteiger charge is 2.37. The van der Waals surface area contributed by atoms with Gasteiger partial charge in [-0.05, 0) is 49.9 Å². The van der Waals surface area contributed by atoms with Crippen molar-refractivity contribution in [2.45, 2.75) is 51.9 Å². The number of hydrogen-bond donors (Lipinski definition) is 3. The van der Waals surface area contributed by atoms with Crippen LogP contribution < -0.4 is 10.5 Å². The molecule has 0 saturated carbocycles. The van der Waals surface area contributed by atoms with Gasteiger partial charge in [-0.3, -0.25) is 9.59 Å². The fraction of sp³-hybridized carbons (Fsp3) is 0.500. The maximum Gasteiger partial charge on any atom is 0.310 e. The smallest absolute Gasteiger partial charge is 0.310 e. The van der Waals surface area contributed by atoms with E-state index in [1.807, 2.05) is 0 Å². The zero-order valence-electron chi connectivity index (χ0n) is 14.3. The molecule has 0 saturated heterocycles. The van der Waals surface area contributed by atoms with Crippen molar-refractivity contribution in [1.82, 2.24) is 0 Å². The second-order valence-electron chi connectivity index (χ2n) is 5.98. The molecular weight excluding hydrogens is 332 g/mol. The Balaban J connectivity index is 3.15. The summed E-state index contributed by atoms with van der Waals surface area (Å²) in [6.07, 6.45) is 0.455. The third kappa shape index (κ3) is 4.33. The van der Waals surface area contributed by atoms with Gasteiger partial charge in [0.2, 0.25) is 15.9 Å². The molecule has 1 amide bonds. The summed E-state index contributed by atoms with van der Waals surface area (Å²) in [5.41, 5.74) is 0.539. The molecule has 1 rings (SSSR count). The van der Waals surface area contributed by atoms with Gasteiger partial charge in [-0.15, -0.1) is 0 Å². The molecule has 0 aliphatic rings. The van der Waals surface area contributed by atoms with E-state index in [1.165, 1.54) is 12.1 Å². The number of aliphatic carboxylic acids is 1. The molecule has 0 aliphatic carbocycles. The highest BCUT2D eigenvalue weighted by molar-refractivity contribution is 7.89. The average Bonchev–Trinajstić information content (AvgIpc) is 2.47. The molecule has 24 heavy (non-hydrogen) atoms. The average molecular weight is 356 g/mol. The Morgan fingerprint density at radius 2 is 1.75 bits per heavy atom. The number of nitrogens with two attached hydrogens (primary N) is 1. The Hall–Kier alpha value is -1.93. The number of carboxylic acid groups (broad SMARTS) is 1. The largest absolute Gasteiger partial charge is 0.481 e. The van der Waals surface area contributed by atoms with Gasteiger partial charge in [0.15, 0.2) is 0 Å². The SMILES string of the molecule is CCC(CC)(CC(=O)Nc1cc(S(N)(=O)=O)cc(C)c1C)C(=O)O. The Bertz CT molecular complexity index is 752. The number of carbonyl (C=O) groups excluding carboxylic acids is 1. The van der Waals surface area contributed by atoms with Crippen LogP contribution >= 0.6 is 0 Å². The highest BCUT2D eigenvalue weighted by Crippen LogP contribution is 2.32. The van der Waals surface area contributed by atoms with Crippen LogP contribution in [0, 0.1) is 19.3 Å². The minimum absolute atomic E-state index is 0.101. The van der Waals surface area contributed by atoms with Gasteiger partial charge in [0.1, 0.15) is 0 Å². The third-order valence-electron chi connectivity index (χ3n) is 4.55. The topological polar surface area (TPSA) is 127 Å². The van der Waals surface area contributed by atoms with E-state index in [-0.39, 0.29) is 11.3 Å².